The number of nitriles is 1. The number of benzene rings is 1. The van der Waals surface area contributed by atoms with Crippen molar-refractivity contribution in [2.75, 3.05) is 23.3 Å². The molecular formula is C20H21ClN4O. The SMILES string of the molecule is Cc1nc(N2CCCCCC2)c(C(=O)Nc2cccc(C#N)c2)cc1Cl. The molecule has 1 aromatic heterocycles. The number of aromatic nitrogens is 1. The maximum atomic E-state index is 12.9. The minimum Gasteiger partial charge on any atom is -0.356 e. The van der Waals surface area contributed by atoms with Crippen LogP contribution in [0.25, 0.3) is 0 Å². The molecule has 0 unspecified atom stereocenters. The summed E-state index contributed by atoms with van der Waals surface area (Å²) in [6.07, 6.45) is 4.58. The summed E-state index contributed by atoms with van der Waals surface area (Å²) in [7, 11) is 0. The largest absolute Gasteiger partial charge is 0.356 e. The van der Waals surface area contributed by atoms with E-state index in [2.05, 4.69) is 21.3 Å². The summed E-state index contributed by atoms with van der Waals surface area (Å²) in [6.45, 7) is 3.62. The van der Waals surface area contributed by atoms with Crippen molar-refractivity contribution in [2.24, 2.45) is 0 Å². The van der Waals surface area contributed by atoms with Crippen molar-refractivity contribution >= 4 is 29.0 Å². The van der Waals surface area contributed by atoms with Gasteiger partial charge in [0.2, 0.25) is 0 Å². The Morgan fingerprint density at radius 1 is 1.23 bits per heavy atom. The normalized spacial score (nSPS) is 14.4. The van der Waals surface area contributed by atoms with E-state index in [9.17, 15) is 4.79 Å². The number of hydrogen-bond donors (Lipinski definition) is 1. The Morgan fingerprint density at radius 2 is 1.96 bits per heavy atom. The van der Waals surface area contributed by atoms with Crippen LogP contribution in [0.3, 0.4) is 0 Å². The molecule has 0 atom stereocenters. The van der Waals surface area contributed by atoms with E-state index in [4.69, 9.17) is 16.9 Å². The predicted molar refractivity (Wildman–Crippen MR) is 104 cm³/mol. The van der Waals surface area contributed by atoms with Crippen molar-refractivity contribution in [2.45, 2.75) is 32.6 Å². The first-order valence-corrected chi connectivity index (χ1v) is 9.20. The Labute approximate surface area is 158 Å². The average Bonchev–Trinajstić information content (AvgIpc) is 2.93. The van der Waals surface area contributed by atoms with Crippen molar-refractivity contribution < 1.29 is 4.79 Å². The van der Waals surface area contributed by atoms with Crippen molar-refractivity contribution in [3.8, 4) is 6.07 Å². The Bertz CT molecular complexity index is 851. The fraction of sp³-hybridized carbons (Fsp3) is 0.350. The van der Waals surface area contributed by atoms with Gasteiger partial charge in [-0.2, -0.15) is 5.26 Å². The Kier molecular flexibility index (Phi) is 5.75. The Hall–Kier alpha value is -2.58. The van der Waals surface area contributed by atoms with Gasteiger partial charge < -0.3 is 10.2 Å². The zero-order chi connectivity index (χ0) is 18.5. The third kappa shape index (κ3) is 4.14. The molecular weight excluding hydrogens is 348 g/mol. The zero-order valence-corrected chi connectivity index (χ0v) is 15.5. The average molecular weight is 369 g/mol. The molecule has 0 bridgehead atoms. The smallest absolute Gasteiger partial charge is 0.259 e. The molecule has 2 aromatic rings. The van der Waals surface area contributed by atoms with Crippen LogP contribution in [0.1, 0.15) is 47.3 Å². The molecule has 0 spiro atoms. The molecule has 3 rings (SSSR count). The molecule has 0 radical (unpaired) electrons. The molecule has 1 fully saturated rings. The summed E-state index contributed by atoms with van der Waals surface area (Å²) in [6, 6.07) is 10.6. The number of aryl methyl sites for hydroxylation is 1. The minimum atomic E-state index is -0.270. The highest BCUT2D eigenvalue weighted by molar-refractivity contribution is 6.31. The van der Waals surface area contributed by atoms with Crippen molar-refractivity contribution in [3.05, 3.63) is 52.2 Å². The highest BCUT2D eigenvalue weighted by Crippen LogP contribution is 2.27. The number of nitrogens with one attached hydrogen (secondary N) is 1. The fourth-order valence-electron chi connectivity index (χ4n) is 3.12. The van der Waals surface area contributed by atoms with Crippen LogP contribution in [-0.4, -0.2) is 24.0 Å². The van der Waals surface area contributed by atoms with Gasteiger partial charge in [0.1, 0.15) is 5.82 Å². The number of halogens is 1. The molecule has 0 saturated carbocycles. The summed E-state index contributed by atoms with van der Waals surface area (Å²) in [5.41, 5.74) is 2.25. The highest BCUT2D eigenvalue weighted by Gasteiger charge is 2.21. The van der Waals surface area contributed by atoms with Crippen molar-refractivity contribution in [1.82, 2.24) is 4.98 Å². The van der Waals surface area contributed by atoms with Gasteiger partial charge >= 0.3 is 0 Å². The van der Waals surface area contributed by atoms with Gasteiger partial charge in [-0.1, -0.05) is 30.5 Å². The first kappa shape index (κ1) is 18.2. The van der Waals surface area contributed by atoms with Gasteiger partial charge in [0.25, 0.3) is 5.91 Å². The summed E-state index contributed by atoms with van der Waals surface area (Å²) < 4.78 is 0. The molecule has 1 N–H and O–H groups in total. The first-order valence-electron chi connectivity index (χ1n) is 8.82. The van der Waals surface area contributed by atoms with Crippen LogP contribution >= 0.6 is 11.6 Å². The van der Waals surface area contributed by atoms with Crippen LogP contribution < -0.4 is 10.2 Å². The van der Waals surface area contributed by atoms with Crippen LogP contribution in [0, 0.1) is 18.3 Å². The molecule has 1 aliphatic rings. The number of pyridine rings is 1. The Balaban J connectivity index is 1.93. The maximum absolute atomic E-state index is 12.9. The molecule has 26 heavy (non-hydrogen) atoms. The topological polar surface area (TPSA) is 69.0 Å². The second-order valence-corrected chi connectivity index (χ2v) is 6.88. The molecule has 2 heterocycles. The van der Waals surface area contributed by atoms with E-state index >= 15 is 0 Å². The third-order valence-corrected chi connectivity index (χ3v) is 4.91. The van der Waals surface area contributed by atoms with E-state index in [1.165, 1.54) is 12.8 Å². The molecule has 1 saturated heterocycles. The van der Waals surface area contributed by atoms with Gasteiger partial charge in [-0.15, -0.1) is 0 Å². The van der Waals surface area contributed by atoms with Gasteiger partial charge in [-0.25, -0.2) is 4.98 Å². The lowest BCUT2D eigenvalue weighted by Crippen LogP contribution is -2.28. The second-order valence-electron chi connectivity index (χ2n) is 6.47. The van der Waals surface area contributed by atoms with Gasteiger partial charge in [-0.05, 0) is 44.0 Å². The van der Waals surface area contributed by atoms with Gasteiger partial charge in [0.15, 0.2) is 0 Å². The van der Waals surface area contributed by atoms with E-state index in [1.54, 1.807) is 30.3 Å². The van der Waals surface area contributed by atoms with E-state index < -0.39 is 0 Å². The van der Waals surface area contributed by atoms with Crippen LogP contribution in [0.5, 0.6) is 0 Å². The molecule has 134 valence electrons. The van der Waals surface area contributed by atoms with Crippen LogP contribution in [0.2, 0.25) is 5.02 Å². The third-order valence-electron chi connectivity index (χ3n) is 4.53. The maximum Gasteiger partial charge on any atom is 0.259 e. The monoisotopic (exact) mass is 368 g/mol. The summed E-state index contributed by atoms with van der Waals surface area (Å²) in [5, 5.41) is 12.4. The van der Waals surface area contributed by atoms with Crippen LogP contribution in [0.4, 0.5) is 11.5 Å². The fourth-order valence-corrected chi connectivity index (χ4v) is 3.28. The van der Waals surface area contributed by atoms with E-state index in [1.807, 2.05) is 6.92 Å². The number of rotatable bonds is 3. The van der Waals surface area contributed by atoms with Gasteiger partial charge in [-0.3, -0.25) is 4.79 Å². The van der Waals surface area contributed by atoms with E-state index in [-0.39, 0.29) is 5.91 Å². The lowest BCUT2D eigenvalue weighted by atomic mass is 10.1. The standard InChI is InChI=1S/C20H21ClN4O/c1-14-18(21)12-17(19(23-14)25-9-4-2-3-5-10-25)20(26)24-16-8-6-7-15(11-16)13-22/h6-8,11-12H,2-5,9-10H2,1H3,(H,24,26). The molecule has 1 aliphatic heterocycles. The quantitative estimate of drug-likeness (QED) is 0.862. The summed E-state index contributed by atoms with van der Waals surface area (Å²) in [5.74, 6) is 0.413. The zero-order valence-electron chi connectivity index (χ0n) is 14.8. The lowest BCUT2D eigenvalue weighted by molar-refractivity contribution is 0.102. The number of hydrogen-bond acceptors (Lipinski definition) is 4. The first-order chi connectivity index (χ1) is 12.6. The number of carbonyl (C=O) groups excluding carboxylic acids is 1. The molecule has 5 nitrogen and oxygen atoms in total. The van der Waals surface area contributed by atoms with Crippen LogP contribution in [0.15, 0.2) is 30.3 Å². The van der Waals surface area contributed by atoms with E-state index in [0.717, 1.165) is 25.9 Å². The van der Waals surface area contributed by atoms with Gasteiger partial charge in [0, 0.05) is 18.8 Å². The summed E-state index contributed by atoms with van der Waals surface area (Å²) >= 11 is 6.25. The minimum absolute atomic E-state index is 0.270. The predicted octanol–water partition coefficient (Wildman–Crippen LogP) is 4.55. The number of amides is 1. The Morgan fingerprint density at radius 3 is 2.65 bits per heavy atom. The highest BCUT2D eigenvalue weighted by atomic mass is 35.5. The van der Waals surface area contributed by atoms with Crippen LogP contribution in [-0.2, 0) is 0 Å². The second kappa shape index (κ2) is 8.20. The van der Waals surface area contributed by atoms with Crippen molar-refractivity contribution in [3.63, 3.8) is 0 Å². The number of nitrogens with zero attached hydrogens (tertiary/aromatic N) is 3. The molecule has 6 heteroatoms. The number of anilines is 2. The van der Waals surface area contributed by atoms with E-state index in [0.29, 0.717) is 33.3 Å². The van der Waals surface area contributed by atoms with Crippen molar-refractivity contribution in [1.29, 1.82) is 5.26 Å². The van der Waals surface area contributed by atoms with Gasteiger partial charge in [0.05, 0.1) is 27.9 Å². The number of carbonyl (C=O) groups is 1. The lowest BCUT2D eigenvalue weighted by Gasteiger charge is -2.24. The molecule has 1 amide bonds. The molecule has 0 aliphatic carbocycles. The summed E-state index contributed by atoms with van der Waals surface area (Å²) in [4.78, 5) is 19.7. The molecule has 1 aromatic carbocycles.